The van der Waals surface area contributed by atoms with Crippen molar-refractivity contribution >= 4 is 23.5 Å². The molecule has 0 aliphatic carbocycles. The predicted molar refractivity (Wildman–Crippen MR) is 130 cm³/mol. The van der Waals surface area contributed by atoms with E-state index in [1.807, 2.05) is 20.8 Å². The summed E-state index contributed by atoms with van der Waals surface area (Å²) in [5.74, 6) is -1.70. The van der Waals surface area contributed by atoms with Crippen molar-refractivity contribution in [2.45, 2.75) is 64.4 Å². The minimum absolute atomic E-state index is 0.0411. The van der Waals surface area contributed by atoms with Crippen molar-refractivity contribution < 1.29 is 42.6 Å². The Labute approximate surface area is 216 Å². The Balaban J connectivity index is 2.06. The number of carbonyl (C=O) groups is 4. The summed E-state index contributed by atoms with van der Waals surface area (Å²) in [5, 5.41) is 11.5. The van der Waals surface area contributed by atoms with Crippen LogP contribution in [0.5, 0.6) is 0 Å². The number of carbonyl (C=O) groups excluding carboxylic acids is 4. The number of hydrogen-bond acceptors (Lipinski definition) is 10. The Morgan fingerprint density at radius 2 is 1.59 bits per heavy atom. The van der Waals surface area contributed by atoms with Crippen LogP contribution in [0.1, 0.15) is 50.4 Å². The van der Waals surface area contributed by atoms with Gasteiger partial charge in [0, 0.05) is 26.9 Å². The molecule has 0 spiro atoms. The Bertz CT molecular complexity index is 929. The van der Waals surface area contributed by atoms with E-state index in [-0.39, 0.29) is 37.2 Å². The van der Waals surface area contributed by atoms with Crippen LogP contribution in [0.3, 0.4) is 0 Å². The number of Topliss-reactive ketones (excluding diaryl/α,β-unsaturated/α-hetero) is 1. The molecule has 3 N–H and O–H groups in total. The number of methoxy groups -OCH3 is 2. The molecule has 208 valence electrons. The Morgan fingerprint density at radius 3 is 2.11 bits per heavy atom. The van der Waals surface area contributed by atoms with Crippen molar-refractivity contribution in [2.75, 3.05) is 40.6 Å². The summed E-state index contributed by atoms with van der Waals surface area (Å²) < 4.78 is 25.7. The van der Waals surface area contributed by atoms with Crippen LogP contribution in [0.4, 0.5) is 0 Å². The first kappa shape index (κ1) is 30.4. The molecular formula is C24H38N4O9. The third-order valence-electron chi connectivity index (χ3n) is 5.60. The molecule has 0 aromatic carbocycles. The van der Waals surface area contributed by atoms with Crippen LogP contribution < -0.4 is 16.0 Å². The van der Waals surface area contributed by atoms with Gasteiger partial charge in [-0.25, -0.2) is 0 Å². The van der Waals surface area contributed by atoms with E-state index in [0.29, 0.717) is 25.4 Å². The molecule has 1 aliphatic heterocycles. The third-order valence-corrected chi connectivity index (χ3v) is 5.60. The zero-order chi connectivity index (χ0) is 27.6. The van der Waals surface area contributed by atoms with Crippen molar-refractivity contribution in [1.82, 2.24) is 21.1 Å². The number of rotatable bonds is 17. The van der Waals surface area contributed by atoms with Gasteiger partial charge in [-0.3, -0.25) is 19.2 Å². The van der Waals surface area contributed by atoms with Gasteiger partial charge in [-0.05, 0) is 26.2 Å². The van der Waals surface area contributed by atoms with Gasteiger partial charge in [0.25, 0.3) is 5.91 Å². The topological polar surface area (TPSA) is 171 Å². The Kier molecular flexibility index (Phi) is 11.6. The number of amides is 3. The molecule has 2 heterocycles. The lowest BCUT2D eigenvalue weighted by molar-refractivity contribution is -0.134. The second kappa shape index (κ2) is 14.2. The maximum Gasteiger partial charge on any atom is 0.274 e. The van der Waals surface area contributed by atoms with Gasteiger partial charge < -0.3 is 39.4 Å². The third kappa shape index (κ3) is 9.18. The fraction of sp³-hybridized carbons (Fsp3) is 0.708. The number of ketones is 1. The Morgan fingerprint density at radius 1 is 1.03 bits per heavy atom. The van der Waals surface area contributed by atoms with Crippen LogP contribution in [-0.2, 0) is 39.9 Å². The number of aromatic nitrogens is 1. The van der Waals surface area contributed by atoms with E-state index in [0.717, 1.165) is 0 Å². The van der Waals surface area contributed by atoms with E-state index in [1.165, 1.54) is 20.3 Å². The molecule has 0 saturated carbocycles. The molecule has 37 heavy (non-hydrogen) atoms. The normalized spacial score (nSPS) is 19.1. The minimum atomic E-state index is -1.15. The second-order valence-electron chi connectivity index (χ2n) is 9.39. The quantitative estimate of drug-likeness (QED) is 0.234. The number of hydrogen-bond donors (Lipinski definition) is 3. The number of nitrogens with one attached hydrogen (secondary N) is 3. The van der Waals surface area contributed by atoms with Crippen LogP contribution in [0.2, 0.25) is 0 Å². The SMILES string of the molecule is CCOCc1cc(C(=O)N[C@@H](COC)C(=O)N[C@@H](COC)C(=O)NC(CC(C)C)C(=O)[C@@]2(C)CO2)no1. The molecule has 1 fully saturated rings. The summed E-state index contributed by atoms with van der Waals surface area (Å²) in [5.41, 5.74) is -0.953. The molecule has 13 heteroatoms. The van der Waals surface area contributed by atoms with Crippen LogP contribution >= 0.6 is 0 Å². The number of ether oxygens (including phenoxy) is 4. The molecule has 0 radical (unpaired) electrons. The molecule has 13 nitrogen and oxygen atoms in total. The second-order valence-corrected chi connectivity index (χ2v) is 9.39. The first-order valence-electron chi connectivity index (χ1n) is 12.2. The van der Waals surface area contributed by atoms with Crippen LogP contribution in [0.25, 0.3) is 0 Å². The van der Waals surface area contributed by atoms with E-state index in [4.69, 9.17) is 23.5 Å². The van der Waals surface area contributed by atoms with Gasteiger partial charge in [-0.1, -0.05) is 19.0 Å². The minimum Gasteiger partial charge on any atom is -0.382 e. The zero-order valence-electron chi connectivity index (χ0n) is 22.3. The summed E-state index contributed by atoms with van der Waals surface area (Å²) in [6.45, 7) is 7.94. The van der Waals surface area contributed by atoms with E-state index < -0.39 is 41.4 Å². The smallest absolute Gasteiger partial charge is 0.274 e. The van der Waals surface area contributed by atoms with E-state index in [2.05, 4.69) is 21.1 Å². The van der Waals surface area contributed by atoms with Gasteiger partial charge in [0.15, 0.2) is 17.2 Å². The number of nitrogens with zero attached hydrogens (tertiary/aromatic N) is 1. The van der Waals surface area contributed by atoms with Gasteiger partial charge in [0.2, 0.25) is 11.8 Å². The van der Waals surface area contributed by atoms with Crippen molar-refractivity contribution in [1.29, 1.82) is 0 Å². The van der Waals surface area contributed by atoms with E-state index in [1.54, 1.807) is 6.92 Å². The predicted octanol–water partition coefficient (Wildman–Crippen LogP) is -0.0240. The zero-order valence-corrected chi connectivity index (χ0v) is 22.3. The standard InChI is InChI=1S/C24H38N4O9/c1-7-35-10-15-9-17(28-37-15)21(30)26-19(12-34-6)23(32)27-18(11-33-5)22(31)25-16(8-14(2)3)20(29)24(4)13-36-24/h9,14,16,18-19H,7-8,10-13H2,1-6H3,(H,25,31)(H,26,30)(H,27,32)/t16?,18-,19-,24+/m0/s1. The molecule has 4 atom stereocenters. The maximum atomic E-state index is 13.1. The van der Waals surface area contributed by atoms with Crippen molar-refractivity contribution in [3.63, 3.8) is 0 Å². The fourth-order valence-electron chi connectivity index (χ4n) is 3.49. The van der Waals surface area contributed by atoms with E-state index in [9.17, 15) is 19.2 Å². The summed E-state index contributed by atoms with van der Waals surface area (Å²) in [6, 6.07) is -1.66. The highest BCUT2D eigenvalue weighted by atomic mass is 16.6. The molecule has 0 bridgehead atoms. The van der Waals surface area contributed by atoms with Crippen LogP contribution in [0.15, 0.2) is 10.6 Å². The molecule has 3 amide bonds. The fourth-order valence-corrected chi connectivity index (χ4v) is 3.49. The summed E-state index contributed by atoms with van der Waals surface area (Å²) in [6.07, 6.45) is 0.405. The first-order valence-corrected chi connectivity index (χ1v) is 12.2. The van der Waals surface area contributed by atoms with E-state index >= 15 is 0 Å². The number of epoxide rings is 1. The van der Waals surface area contributed by atoms with Crippen LogP contribution in [0, 0.1) is 5.92 Å². The monoisotopic (exact) mass is 526 g/mol. The van der Waals surface area contributed by atoms with Gasteiger partial charge in [-0.2, -0.15) is 0 Å². The average molecular weight is 527 g/mol. The first-order chi connectivity index (χ1) is 17.5. The molecule has 1 aromatic rings. The van der Waals surface area contributed by atoms with Crippen LogP contribution in [-0.4, -0.2) is 93.0 Å². The maximum absolute atomic E-state index is 13.1. The summed E-state index contributed by atoms with van der Waals surface area (Å²) >= 11 is 0. The molecule has 2 rings (SSSR count). The summed E-state index contributed by atoms with van der Waals surface area (Å²) in [4.78, 5) is 51.6. The molecular weight excluding hydrogens is 488 g/mol. The molecule has 1 unspecified atom stereocenters. The van der Waals surface area contributed by atoms with Gasteiger partial charge in [0.05, 0.1) is 25.9 Å². The van der Waals surface area contributed by atoms with Gasteiger partial charge in [-0.15, -0.1) is 0 Å². The highest BCUT2D eigenvalue weighted by Gasteiger charge is 2.50. The Hall–Kier alpha value is -2.87. The van der Waals surface area contributed by atoms with Crippen molar-refractivity contribution in [2.24, 2.45) is 5.92 Å². The highest BCUT2D eigenvalue weighted by molar-refractivity contribution is 5.99. The van der Waals surface area contributed by atoms with Crippen molar-refractivity contribution in [3.8, 4) is 0 Å². The lowest BCUT2D eigenvalue weighted by Gasteiger charge is -2.26. The lowest BCUT2D eigenvalue weighted by Crippen LogP contribution is -2.58. The lowest BCUT2D eigenvalue weighted by atomic mass is 9.93. The average Bonchev–Trinajstić information content (AvgIpc) is 3.42. The van der Waals surface area contributed by atoms with Crippen molar-refractivity contribution in [3.05, 3.63) is 17.5 Å². The summed E-state index contributed by atoms with van der Waals surface area (Å²) in [7, 11) is 2.74. The highest BCUT2D eigenvalue weighted by Crippen LogP contribution is 2.29. The molecule has 1 saturated heterocycles. The largest absolute Gasteiger partial charge is 0.382 e. The van der Waals surface area contributed by atoms with Gasteiger partial charge >= 0.3 is 0 Å². The molecule has 1 aromatic heterocycles. The molecule has 1 aliphatic rings. The van der Waals surface area contributed by atoms with Gasteiger partial charge in [0.1, 0.15) is 24.3 Å².